The third kappa shape index (κ3) is 4.21. The highest BCUT2D eigenvalue weighted by Crippen LogP contribution is 2.39. The summed E-state index contributed by atoms with van der Waals surface area (Å²) in [5.74, 6) is -0.862. The van der Waals surface area contributed by atoms with E-state index in [1.54, 1.807) is 0 Å². The molecular formula is C17H29NO3. The van der Waals surface area contributed by atoms with E-state index >= 15 is 0 Å². The van der Waals surface area contributed by atoms with Crippen LogP contribution >= 0.6 is 0 Å². The van der Waals surface area contributed by atoms with E-state index in [1.165, 1.54) is 12.8 Å². The average Bonchev–Trinajstić information content (AvgIpc) is 2.72. The van der Waals surface area contributed by atoms with Gasteiger partial charge in [-0.2, -0.15) is 0 Å². The smallest absolute Gasteiger partial charge is 0.310 e. The number of hydrogen-bond acceptors (Lipinski definition) is 2. The van der Waals surface area contributed by atoms with Crippen molar-refractivity contribution in [1.82, 2.24) is 5.32 Å². The van der Waals surface area contributed by atoms with Crippen LogP contribution in [0.3, 0.4) is 0 Å². The zero-order chi connectivity index (χ0) is 15.3. The van der Waals surface area contributed by atoms with Gasteiger partial charge in [0.15, 0.2) is 0 Å². The Labute approximate surface area is 127 Å². The van der Waals surface area contributed by atoms with Crippen LogP contribution < -0.4 is 5.32 Å². The first-order valence-corrected chi connectivity index (χ1v) is 8.46. The Kier molecular flexibility index (Phi) is 5.28. The van der Waals surface area contributed by atoms with E-state index in [2.05, 4.69) is 12.2 Å². The Morgan fingerprint density at radius 2 is 1.48 bits per heavy atom. The molecule has 2 fully saturated rings. The van der Waals surface area contributed by atoms with Crippen LogP contribution in [0.1, 0.15) is 77.6 Å². The summed E-state index contributed by atoms with van der Waals surface area (Å²) in [7, 11) is 0. The van der Waals surface area contributed by atoms with Gasteiger partial charge in [0.25, 0.3) is 0 Å². The summed E-state index contributed by atoms with van der Waals surface area (Å²) >= 11 is 0. The van der Waals surface area contributed by atoms with E-state index in [0.717, 1.165) is 38.5 Å². The van der Waals surface area contributed by atoms with Crippen LogP contribution in [0.2, 0.25) is 0 Å². The highest BCUT2D eigenvalue weighted by Gasteiger charge is 2.41. The van der Waals surface area contributed by atoms with E-state index in [-0.39, 0.29) is 17.7 Å². The van der Waals surface area contributed by atoms with Crippen molar-refractivity contribution in [3.8, 4) is 0 Å². The molecule has 0 radical (unpaired) electrons. The molecule has 1 amide bonds. The summed E-state index contributed by atoms with van der Waals surface area (Å²) in [6.07, 6.45) is 10.3. The van der Waals surface area contributed by atoms with Gasteiger partial charge < -0.3 is 10.4 Å². The van der Waals surface area contributed by atoms with Gasteiger partial charge in [0.1, 0.15) is 0 Å². The monoisotopic (exact) mass is 295 g/mol. The standard InChI is InChI=1S/C17H29NO3/c1-16(8-6-7-9-16)13-18-14(19)12-17(15(20)21)10-4-2-3-5-11-17/h2-13H2,1H3,(H,18,19)(H,20,21). The van der Waals surface area contributed by atoms with Gasteiger partial charge in [-0.25, -0.2) is 0 Å². The summed E-state index contributed by atoms with van der Waals surface area (Å²) in [4.78, 5) is 24.0. The van der Waals surface area contributed by atoms with E-state index in [9.17, 15) is 14.7 Å². The molecule has 2 rings (SSSR count). The van der Waals surface area contributed by atoms with E-state index in [1.807, 2.05) is 0 Å². The molecule has 4 nitrogen and oxygen atoms in total. The average molecular weight is 295 g/mol. The predicted molar refractivity (Wildman–Crippen MR) is 82.0 cm³/mol. The van der Waals surface area contributed by atoms with Gasteiger partial charge in [-0.15, -0.1) is 0 Å². The highest BCUT2D eigenvalue weighted by atomic mass is 16.4. The van der Waals surface area contributed by atoms with Gasteiger partial charge >= 0.3 is 5.97 Å². The van der Waals surface area contributed by atoms with E-state index < -0.39 is 11.4 Å². The molecule has 2 aliphatic carbocycles. The van der Waals surface area contributed by atoms with Crippen molar-refractivity contribution in [2.45, 2.75) is 77.6 Å². The van der Waals surface area contributed by atoms with E-state index in [4.69, 9.17) is 0 Å². The molecule has 120 valence electrons. The first kappa shape index (κ1) is 16.3. The first-order chi connectivity index (χ1) is 9.96. The minimum Gasteiger partial charge on any atom is -0.481 e. The van der Waals surface area contributed by atoms with Crippen molar-refractivity contribution in [3.63, 3.8) is 0 Å². The van der Waals surface area contributed by atoms with Crippen molar-refractivity contribution in [2.24, 2.45) is 10.8 Å². The van der Waals surface area contributed by atoms with Gasteiger partial charge in [-0.1, -0.05) is 45.4 Å². The Morgan fingerprint density at radius 3 is 2.00 bits per heavy atom. The molecule has 0 bridgehead atoms. The van der Waals surface area contributed by atoms with Gasteiger partial charge in [-0.05, 0) is 31.1 Å². The second kappa shape index (κ2) is 6.80. The maximum Gasteiger partial charge on any atom is 0.310 e. The van der Waals surface area contributed by atoms with Crippen molar-refractivity contribution in [3.05, 3.63) is 0 Å². The molecule has 0 aromatic heterocycles. The van der Waals surface area contributed by atoms with Crippen LogP contribution in [0.5, 0.6) is 0 Å². The molecule has 0 unspecified atom stereocenters. The van der Waals surface area contributed by atoms with Gasteiger partial charge in [0.2, 0.25) is 5.91 Å². The van der Waals surface area contributed by atoms with Crippen molar-refractivity contribution >= 4 is 11.9 Å². The normalized spacial score (nSPS) is 24.2. The van der Waals surface area contributed by atoms with Crippen LogP contribution in [0.25, 0.3) is 0 Å². The van der Waals surface area contributed by atoms with E-state index in [0.29, 0.717) is 19.4 Å². The van der Waals surface area contributed by atoms with Crippen molar-refractivity contribution in [1.29, 1.82) is 0 Å². The molecule has 2 saturated carbocycles. The molecule has 0 saturated heterocycles. The lowest BCUT2D eigenvalue weighted by atomic mass is 9.77. The SMILES string of the molecule is CC1(CNC(=O)CC2(C(=O)O)CCCCCC2)CCCC1. The minimum absolute atomic E-state index is 0.0765. The molecule has 0 atom stereocenters. The van der Waals surface area contributed by atoms with Gasteiger partial charge in [0.05, 0.1) is 5.41 Å². The molecule has 2 aliphatic rings. The molecule has 0 aliphatic heterocycles. The minimum atomic E-state index is -0.822. The highest BCUT2D eigenvalue weighted by molar-refractivity contribution is 5.85. The van der Waals surface area contributed by atoms with Crippen molar-refractivity contribution in [2.75, 3.05) is 6.54 Å². The van der Waals surface area contributed by atoms with Crippen LogP contribution in [-0.2, 0) is 9.59 Å². The number of rotatable bonds is 5. The number of aliphatic carboxylic acids is 1. The van der Waals surface area contributed by atoms with Crippen LogP contribution in [0, 0.1) is 10.8 Å². The van der Waals surface area contributed by atoms with Gasteiger partial charge in [-0.3, -0.25) is 9.59 Å². The number of carbonyl (C=O) groups is 2. The van der Waals surface area contributed by atoms with Crippen molar-refractivity contribution < 1.29 is 14.7 Å². The van der Waals surface area contributed by atoms with Crippen LogP contribution in [0.4, 0.5) is 0 Å². The number of carbonyl (C=O) groups excluding carboxylic acids is 1. The fraction of sp³-hybridized carbons (Fsp3) is 0.882. The topological polar surface area (TPSA) is 66.4 Å². The summed E-state index contributed by atoms with van der Waals surface area (Å²) in [6.45, 7) is 2.92. The Morgan fingerprint density at radius 1 is 0.952 bits per heavy atom. The molecule has 0 spiro atoms. The third-order valence-electron chi connectivity index (χ3n) is 5.54. The zero-order valence-corrected chi connectivity index (χ0v) is 13.2. The Balaban J connectivity index is 1.90. The zero-order valence-electron chi connectivity index (χ0n) is 13.2. The molecular weight excluding hydrogens is 266 g/mol. The Bertz CT molecular complexity index is 377. The predicted octanol–water partition coefficient (Wildman–Crippen LogP) is 3.50. The first-order valence-electron chi connectivity index (χ1n) is 8.46. The number of nitrogens with one attached hydrogen (secondary N) is 1. The number of carboxylic acid groups (broad SMARTS) is 1. The molecule has 0 heterocycles. The quantitative estimate of drug-likeness (QED) is 0.763. The number of amides is 1. The summed E-state index contributed by atoms with van der Waals surface area (Å²) < 4.78 is 0. The molecule has 2 N–H and O–H groups in total. The fourth-order valence-electron chi connectivity index (χ4n) is 3.96. The Hall–Kier alpha value is -1.06. The lowest BCUT2D eigenvalue weighted by molar-refractivity contribution is -0.153. The summed E-state index contributed by atoms with van der Waals surface area (Å²) in [6, 6.07) is 0. The molecule has 0 aromatic rings. The molecule has 4 heteroatoms. The molecule has 21 heavy (non-hydrogen) atoms. The van der Waals surface area contributed by atoms with Crippen LogP contribution in [0.15, 0.2) is 0 Å². The van der Waals surface area contributed by atoms with Crippen LogP contribution in [-0.4, -0.2) is 23.5 Å². The number of carboxylic acids is 1. The lowest BCUT2D eigenvalue weighted by Gasteiger charge is -2.29. The third-order valence-corrected chi connectivity index (χ3v) is 5.54. The van der Waals surface area contributed by atoms with Gasteiger partial charge in [0, 0.05) is 13.0 Å². The maximum absolute atomic E-state index is 12.3. The second-order valence-corrected chi connectivity index (χ2v) is 7.47. The largest absolute Gasteiger partial charge is 0.481 e. The summed E-state index contributed by atoms with van der Waals surface area (Å²) in [5.41, 5.74) is -0.604. The lowest BCUT2D eigenvalue weighted by Crippen LogP contribution is -2.40. The maximum atomic E-state index is 12.3. The second-order valence-electron chi connectivity index (χ2n) is 7.47. The summed E-state index contributed by atoms with van der Waals surface area (Å²) in [5, 5.41) is 12.6. The molecule has 0 aromatic carbocycles. The fourth-order valence-corrected chi connectivity index (χ4v) is 3.96. The number of hydrogen-bond donors (Lipinski definition) is 2.